The van der Waals surface area contributed by atoms with Crippen molar-refractivity contribution < 1.29 is 45.5 Å². The van der Waals surface area contributed by atoms with Gasteiger partial charge in [0.2, 0.25) is 0 Å². The number of aromatic nitrogens is 2. The molecule has 6 nitrogen and oxygen atoms in total. The molecule has 0 amide bonds. The first-order chi connectivity index (χ1) is 31.7. The van der Waals surface area contributed by atoms with Crippen molar-refractivity contribution in [1.82, 2.24) is 9.13 Å². The Kier molecular flexibility index (Phi) is 12.0. The van der Waals surface area contributed by atoms with Gasteiger partial charge in [-0.1, -0.05) is 126 Å². The van der Waals surface area contributed by atoms with Crippen LogP contribution in [0.4, 0.5) is 0 Å². The molecule has 0 fully saturated rings. The molecule has 10 aromatic rings. The van der Waals surface area contributed by atoms with E-state index in [0.717, 1.165) is 77.0 Å². The standard InChI is InChI=1S/C60H56N2O4.Sc/c1-37-31-47(57(63)53(33-37)61-49-21-13-9-17-41(49)42-18-10-14-22-50(42)61)45-35-39(59(3,4)5)25-27-55(45)65-29-30-66-56-28-26-40(60(6,7)8)36-46(56)48-32-38(2)34-54(58(48)64)62-51-23-15-11-19-43(51)44-20-12-16-24-52(44)62;/h9-28,31-36,63-64H,29-30H2,1-8H3;. The molecule has 1 radical (unpaired) electrons. The summed E-state index contributed by atoms with van der Waals surface area (Å²) in [5.41, 5.74) is 12.5. The molecule has 0 aliphatic rings. The fraction of sp³-hybridized carbons (Fsp3) is 0.200. The van der Waals surface area contributed by atoms with E-state index >= 15 is 0 Å². The van der Waals surface area contributed by atoms with Crippen LogP contribution < -0.4 is 9.47 Å². The smallest absolute Gasteiger partial charge is 0.147 e. The number of phenols is 2. The fourth-order valence-corrected chi connectivity index (χ4v) is 9.60. The first-order valence-corrected chi connectivity index (χ1v) is 22.9. The number of para-hydroxylation sites is 4. The van der Waals surface area contributed by atoms with Gasteiger partial charge in [-0.25, -0.2) is 0 Å². The van der Waals surface area contributed by atoms with Crippen molar-refractivity contribution in [2.24, 2.45) is 0 Å². The van der Waals surface area contributed by atoms with E-state index < -0.39 is 0 Å². The van der Waals surface area contributed by atoms with Gasteiger partial charge in [0.15, 0.2) is 0 Å². The van der Waals surface area contributed by atoms with E-state index in [0.29, 0.717) is 34.0 Å². The molecule has 67 heavy (non-hydrogen) atoms. The molecule has 0 saturated heterocycles. The summed E-state index contributed by atoms with van der Waals surface area (Å²) in [5, 5.41) is 29.4. The number of hydrogen-bond acceptors (Lipinski definition) is 4. The van der Waals surface area contributed by atoms with Gasteiger partial charge < -0.3 is 28.8 Å². The molecule has 0 spiro atoms. The number of aromatic hydroxyl groups is 2. The van der Waals surface area contributed by atoms with E-state index in [4.69, 9.17) is 9.47 Å². The van der Waals surface area contributed by atoms with Gasteiger partial charge in [-0.3, -0.25) is 0 Å². The monoisotopic (exact) mass is 913 g/mol. The van der Waals surface area contributed by atoms with Crippen LogP contribution in [0.25, 0.3) is 77.2 Å². The Morgan fingerprint density at radius 2 is 0.716 bits per heavy atom. The normalized spacial score (nSPS) is 12.0. The van der Waals surface area contributed by atoms with E-state index in [-0.39, 0.29) is 61.4 Å². The van der Waals surface area contributed by atoms with Gasteiger partial charge in [-0.05, 0) is 120 Å². The number of benzene rings is 8. The Hall–Kier alpha value is -6.57. The van der Waals surface area contributed by atoms with Crippen LogP contribution in [0.3, 0.4) is 0 Å². The predicted octanol–water partition coefficient (Wildman–Crippen LogP) is 15.3. The van der Waals surface area contributed by atoms with Crippen LogP contribution in [0.15, 0.2) is 158 Å². The van der Waals surface area contributed by atoms with E-state index in [1.165, 1.54) is 0 Å². The number of fused-ring (bicyclic) bond motifs is 6. The van der Waals surface area contributed by atoms with Crippen molar-refractivity contribution in [3.63, 3.8) is 0 Å². The zero-order valence-electron chi connectivity index (χ0n) is 39.6. The Bertz CT molecular complexity index is 3170. The van der Waals surface area contributed by atoms with Crippen molar-refractivity contribution in [2.45, 2.75) is 66.2 Å². The molecule has 0 unspecified atom stereocenters. The van der Waals surface area contributed by atoms with Gasteiger partial charge in [0.25, 0.3) is 0 Å². The molecule has 10 rings (SSSR count). The second-order valence-corrected chi connectivity index (χ2v) is 19.7. The summed E-state index contributed by atoms with van der Waals surface area (Å²) in [6, 6.07) is 54.2. The number of hydrogen-bond donors (Lipinski definition) is 2. The third-order valence-electron chi connectivity index (χ3n) is 13.0. The third-order valence-corrected chi connectivity index (χ3v) is 13.0. The Morgan fingerprint density at radius 3 is 1.03 bits per heavy atom. The molecule has 0 aliphatic heterocycles. The second kappa shape index (κ2) is 17.6. The van der Waals surface area contributed by atoms with Gasteiger partial charge in [0.05, 0.1) is 33.4 Å². The fourth-order valence-electron chi connectivity index (χ4n) is 9.60. The molecule has 2 N–H and O–H groups in total. The molecule has 2 heterocycles. The second-order valence-electron chi connectivity index (χ2n) is 19.7. The summed E-state index contributed by atoms with van der Waals surface area (Å²) in [4.78, 5) is 0. The molecule has 0 saturated carbocycles. The number of phenolic OH excluding ortho intramolecular Hbond substituents is 2. The summed E-state index contributed by atoms with van der Waals surface area (Å²) in [6.07, 6.45) is 0. The first-order valence-electron chi connectivity index (χ1n) is 22.9. The Morgan fingerprint density at radius 1 is 0.403 bits per heavy atom. The molecular weight excluding hydrogens is 858 g/mol. The van der Waals surface area contributed by atoms with Crippen LogP contribution in [0.5, 0.6) is 23.0 Å². The third kappa shape index (κ3) is 8.22. The van der Waals surface area contributed by atoms with Crippen molar-refractivity contribution in [1.29, 1.82) is 0 Å². The molecule has 7 heteroatoms. The van der Waals surface area contributed by atoms with Gasteiger partial charge in [-0.2, -0.15) is 0 Å². The summed E-state index contributed by atoms with van der Waals surface area (Å²) in [5.74, 6) is 1.66. The maximum atomic E-state index is 12.4. The average molecular weight is 914 g/mol. The van der Waals surface area contributed by atoms with E-state index in [1.54, 1.807) is 0 Å². The van der Waals surface area contributed by atoms with Crippen LogP contribution >= 0.6 is 0 Å². The predicted molar refractivity (Wildman–Crippen MR) is 274 cm³/mol. The van der Waals surface area contributed by atoms with E-state index in [1.807, 2.05) is 48.5 Å². The topological polar surface area (TPSA) is 68.8 Å². The summed E-state index contributed by atoms with van der Waals surface area (Å²) < 4.78 is 17.7. The van der Waals surface area contributed by atoms with E-state index in [9.17, 15) is 10.2 Å². The molecule has 0 aliphatic carbocycles. The van der Waals surface area contributed by atoms with Crippen LogP contribution in [-0.4, -0.2) is 32.6 Å². The molecule has 0 atom stereocenters. The van der Waals surface area contributed by atoms with Gasteiger partial charge >= 0.3 is 0 Å². The number of ether oxygens (including phenoxy) is 2. The van der Waals surface area contributed by atoms with Crippen molar-refractivity contribution in [3.8, 4) is 56.6 Å². The van der Waals surface area contributed by atoms with Gasteiger partial charge in [-0.15, -0.1) is 0 Å². The van der Waals surface area contributed by atoms with Gasteiger partial charge in [0, 0.05) is 69.6 Å². The van der Waals surface area contributed by atoms with Crippen molar-refractivity contribution >= 4 is 43.6 Å². The van der Waals surface area contributed by atoms with Crippen LogP contribution in [0.1, 0.15) is 63.8 Å². The molecule has 0 bridgehead atoms. The average Bonchev–Trinajstić information content (AvgIpc) is 3.81. The first kappa shape index (κ1) is 45.6. The maximum absolute atomic E-state index is 12.4. The van der Waals surface area contributed by atoms with Crippen LogP contribution in [0, 0.1) is 13.8 Å². The number of rotatable bonds is 9. The summed E-state index contributed by atoms with van der Waals surface area (Å²) in [6.45, 7) is 17.8. The molecular formula is C60H56N2O4Sc. The Labute approximate surface area is 411 Å². The Balaban J connectivity index is 0.00000562. The minimum absolute atomic E-state index is 0. The van der Waals surface area contributed by atoms with Crippen molar-refractivity contribution in [3.05, 3.63) is 180 Å². The zero-order valence-corrected chi connectivity index (χ0v) is 41.4. The zero-order chi connectivity index (χ0) is 46.1. The molecule has 333 valence electrons. The largest absolute Gasteiger partial charge is 0.505 e. The van der Waals surface area contributed by atoms with Gasteiger partial charge in [0.1, 0.15) is 36.2 Å². The molecule has 8 aromatic carbocycles. The molecule has 2 aromatic heterocycles. The summed E-state index contributed by atoms with van der Waals surface area (Å²) >= 11 is 0. The van der Waals surface area contributed by atoms with Crippen LogP contribution in [-0.2, 0) is 36.7 Å². The minimum Gasteiger partial charge on any atom is -0.505 e. The summed E-state index contributed by atoms with van der Waals surface area (Å²) in [7, 11) is 0. The maximum Gasteiger partial charge on any atom is 0.147 e. The van der Waals surface area contributed by atoms with Crippen molar-refractivity contribution in [2.75, 3.05) is 13.2 Å². The van der Waals surface area contributed by atoms with Crippen LogP contribution in [0.2, 0.25) is 0 Å². The number of nitrogens with zero attached hydrogens (tertiary/aromatic N) is 2. The minimum atomic E-state index is -0.149. The SMILES string of the molecule is Cc1cc(-c2cc(C(C)(C)C)ccc2OCCOc2ccc(C(C)(C)C)cc2-c2cc(C)cc(-n3c4ccccc4c4ccccc43)c2O)c(O)c(-n2c3ccccc3c3ccccc32)c1.[Sc]. The number of aryl methyl sites for hydroxylation is 2. The quantitative estimate of drug-likeness (QED) is 0.142. The van der Waals surface area contributed by atoms with E-state index in [2.05, 4.69) is 174 Å².